The van der Waals surface area contributed by atoms with Gasteiger partial charge >= 0.3 is 0 Å². The van der Waals surface area contributed by atoms with Crippen molar-refractivity contribution in [2.45, 2.75) is 19.8 Å². The predicted molar refractivity (Wildman–Crippen MR) is 88.9 cm³/mol. The number of hydrogen-bond acceptors (Lipinski definition) is 6. The van der Waals surface area contributed by atoms with E-state index >= 15 is 0 Å². The van der Waals surface area contributed by atoms with Crippen LogP contribution in [0.5, 0.6) is 11.5 Å². The maximum atomic E-state index is 5.62. The Balaban J connectivity index is 1.58. The van der Waals surface area contributed by atoms with E-state index in [4.69, 9.17) is 9.47 Å². The molecule has 1 aromatic heterocycles. The number of fused-ring (bicyclic) bond motifs is 1. The number of benzene rings is 1. The summed E-state index contributed by atoms with van der Waals surface area (Å²) in [4.78, 5) is 11.5. The fraction of sp³-hybridized carbons (Fsp3) is 0.412. The number of aromatic nitrogens is 2. The molecule has 120 valence electrons. The summed E-state index contributed by atoms with van der Waals surface area (Å²) in [6.45, 7) is 5.31. The van der Waals surface area contributed by atoms with E-state index in [1.807, 2.05) is 31.2 Å². The first-order valence-corrected chi connectivity index (χ1v) is 8.05. The van der Waals surface area contributed by atoms with Crippen molar-refractivity contribution in [2.24, 2.45) is 0 Å². The molecule has 2 aliphatic heterocycles. The Kier molecular flexibility index (Phi) is 3.65. The Labute approximate surface area is 135 Å². The van der Waals surface area contributed by atoms with E-state index in [-0.39, 0.29) is 0 Å². The van der Waals surface area contributed by atoms with Crippen LogP contribution in [0, 0.1) is 6.92 Å². The van der Waals surface area contributed by atoms with E-state index in [0.29, 0.717) is 19.2 Å². The quantitative estimate of drug-likeness (QED) is 0.940. The number of aryl methyl sites for hydroxylation is 1. The van der Waals surface area contributed by atoms with Gasteiger partial charge in [-0.15, -0.1) is 0 Å². The minimum atomic E-state index is 0.580. The highest BCUT2D eigenvalue weighted by Crippen LogP contribution is 2.33. The molecule has 6 nitrogen and oxygen atoms in total. The average Bonchev–Trinajstić information content (AvgIpc) is 3.09. The number of anilines is 3. The van der Waals surface area contributed by atoms with Crippen LogP contribution in [0.1, 0.15) is 18.5 Å². The van der Waals surface area contributed by atoms with Gasteiger partial charge in [-0.1, -0.05) is 0 Å². The van der Waals surface area contributed by atoms with Gasteiger partial charge in [0.2, 0.25) is 5.95 Å². The van der Waals surface area contributed by atoms with E-state index in [0.717, 1.165) is 41.8 Å². The molecular weight excluding hydrogens is 292 g/mol. The van der Waals surface area contributed by atoms with Gasteiger partial charge in [0, 0.05) is 36.6 Å². The van der Waals surface area contributed by atoms with Gasteiger partial charge in [0.1, 0.15) is 19.0 Å². The molecule has 1 N–H and O–H groups in total. The van der Waals surface area contributed by atoms with Crippen LogP contribution in [-0.2, 0) is 0 Å². The maximum absolute atomic E-state index is 5.62. The second-order valence-corrected chi connectivity index (χ2v) is 5.87. The highest BCUT2D eigenvalue weighted by Gasteiger charge is 2.16. The van der Waals surface area contributed by atoms with Crippen molar-refractivity contribution in [2.75, 3.05) is 36.5 Å². The van der Waals surface area contributed by atoms with Crippen molar-refractivity contribution >= 4 is 17.5 Å². The maximum Gasteiger partial charge on any atom is 0.229 e. The first-order valence-electron chi connectivity index (χ1n) is 8.05. The summed E-state index contributed by atoms with van der Waals surface area (Å²) in [5.41, 5.74) is 1.86. The Morgan fingerprint density at radius 3 is 2.61 bits per heavy atom. The summed E-state index contributed by atoms with van der Waals surface area (Å²) in [5.74, 6) is 3.15. The molecule has 1 aromatic carbocycles. The zero-order chi connectivity index (χ0) is 15.6. The zero-order valence-electron chi connectivity index (χ0n) is 13.2. The van der Waals surface area contributed by atoms with Crippen molar-refractivity contribution in [3.05, 3.63) is 30.0 Å². The van der Waals surface area contributed by atoms with E-state index in [2.05, 4.69) is 20.2 Å². The SMILES string of the molecule is Cc1cc(N2CCCC2)nc(Nc2ccc3c(c2)OCCO3)n1. The van der Waals surface area contributed by atoms with Crippen molar-refractivity contribution in [3.8, 4) is 11.5 Å². The molecule has 0 bridgehead atoms. The summed E-state index contributed by atoms with van der Waals surface area (Å²) in [6.07, 6.45) is 2.46. The Bertz CT molecular complexity index is 714. The highest BCUT2D eigenvalue weighted by molar-refractivity contribution is 5.61. The van der Waals surface area contributed by atoms with Gasteiger partial charge in [-0.05, 0) is 31.9 Å². The predicted octanol–water partition coefficient (Wildman–Crippen LogP) is 2.90. The van der Waals surface area contributed by atoms with Gasteiger partial charge in [-0.3, -0.25) is 0 Å². The molecule has 0 unspecified atom stereocenters. The van der Waals surface area contributed by atoms with Crippen LogP contribution in [0.15, 0.2) is 24.3 Å². The highest BCUT2D eigenvalue weighted by atomic mass is 16.6. The van der Waals surface area contributed by atoms with Gasteiger partial charge in [0.05, 0.1) is 0 Å². The molecule has 0 atom stereocenters. The topological polar surface area (TPSA) is 59.5 Å². The van der Waals surface area contributed by atoms with Crippen molar-refractivity contribution in [3.63, 3.8) is 0 Å². The number of hydrogen-bond donors (Lipinski definition) is 1. The normalized spacial score (nSPS) is 16.5. The van der Waals surface area contributed by atoms with E-state index in [1.54, 1.807) is 0 Å². The van der Waals surface area contributed by atoms with Gasteiger partial charge in [-0.2, -0.15) is 4.98 Å². The van der Waals surface area contributed by atoms with Crippen LogP contribution in [0.2, 0.25) is 0 Å². The summed E-state index contributed by atoms with van der Waals surface area (Å²) in [7, 11) is 0. The lowest BCUT2D eigenvalue weighted by Crippen LogP contribution is -2.20. The second-order valence-electron chi connectivity index (χ2n) is 5.87. The molecule has 0 amide bonds. The molecule has 1 saturated heterocycles. The Hall–Kier alpha value is -2.50. The number of nitrogens with one attached hydrogen (secondary N) is 1. The monoisotopic (exact) mass is 312 g/mol. The first-order chi connectivity index (χ1) is 11.3. The minimum Gasteiger partial charge on any atom is -0.486 e. The van der Waals surface area contributed by atoms with Gasteiger partial charge < -0.3 is 19.7 Å². The van der Waals surface area contributed by atoms with E-state index in [9.17, 15) is 0 Å². The van der Waals surface area contributed by atoms with Crippen molar-refractivity contribution in [1.29, 1.82) is 0 Å². The summed E-state index contributed by atoms with van der Waals surface area (Å²) >= 11 is 0. The number of ether oxygens (including phenoxy) is 2. The number of rotatable bonds is 3. The first kappa shape index (κ1) is 14.1. The van der Waals surface area contributed by atoms with Gasteiger partial charge in [0.25, 0.3) is 0 Å². The largest absolute Gasteiger partial charge is 0.486 e. The Morgan fingerprint density at radius 1 is 1.00 bits per heavy atom. The lowest BCUT2D eigenvalue weighted by atomic mass is 10.2. The molecule has 0 aliphatic carbocycles. The molecule has 0 spiro atoms. The fourth-order valence-corrected chi connectivity index (χ4v) is 2.97. The molecule has 1 fully saturated rings. The van der Waals surface area contributed by atoms with Crippen molar-refractivity contribution in [1.82, 2.24) is 9.97 Å². The second kappa shape index (κ2) is 5.95. The van der Waals surface area contributed by atoms with Crippen LogP contribution in [-0.4, -0.2) is 36.3 Å². The third-order valence-electron chi connectivity index (χ3n) is 4.07. The molecule has 23 heavy (non-hydrogen) atoms. The lowest BCUT2D eigenvalue weighted by molar-refractivity contribution is 0.171. The molecule has 0 radical (unpaired) electrons. The van der Waals surface area contributed by atoms with Crippen LogP contribution < -0.4 is 19.7 Å². The van der Waals surface area contributed by atoms with Gasteiger partial charge in [-0.25, -0.2) is 4.98 Å². The van der Waals surface area contributed by atoms with Crippen LogP contribution >= 0.6 is 0 Å². The minimum absolute atomic E-state index is 0.580. The molecule has 0 saturated carbocycles. The summed E-state index contributed by atoms with van der Waals surface area (Å²) < 4.78 is 11.2. The van der Waals surface area contributed by atoms with E-state index in [1.165, 1.54) is 12.8 Å². The van der Waals surface area contributed by atoms with Gasteiger partial charge in [0.15, 0.2) is 11.5 Å². The van der Waals surface area contributed by atoms with Crippen molar-refractivity contribution < 1.29 is 9.47 Å². The third kappa shape index (κ3) is 3.02. The number of nitrogens with zero attached hydrogens (tertiary/aromatic N) is 3. The lowest BCUT2D eigenvalue weighted by Gasteiger charge is -2.20. The fourth-order valence-electron chi connectivity index (χ4n) is 2.97. The van der Waals surface area contributed by atoms with Crippen LogP contribution in [0.25, 0.3) is 0 Å². The average molecular weight is 312 g/mol. The molecule has 3 heterocycles. The molecular formula is C17H20N4O2. The smallest absolute Gasteiger partial charge is 0.229 e. The summed E-state index contributed by atoms with van der Waals surface area (Å²) in [6, 6.07) is 7.83. The molecule has 2 aromatic rings. The third-order valence-corrected chi connectivity index (χ3v) is 4.07. The molecule has 4 rings (SSSR count). The molecule has 6 heteroatoms. The molecule has 2 aliphatic rings. The van der Waals surface area contributed by atoms with Crippen LogP contribution in [0.4, 0.5) is 17.5 Å². The summed E-state index contributed by atoms with van der Waals surface area (Å²) in [5, 5.41) is 3.27. The zero-order valence-corrected chi connectivity index (χ0v) is 13.2. The van der Waals surface area contributed by atoms with Crippen LogP contribution in [0.3, 0.4) is 0 Å². The standard InChI is InChI=1S/C17H20N4O2/c1-12-10-16(21-6-2-3-7-21)20-17(18-12)19-13-4-5-14-15(11-13)23-9-8-22-14/h4-5,10-11H,2-3,6-9H2,1H3,(H,18,19,20). The Morgan fingerprint density at radius 2 is 1.78 bits per heavy atom. The van der Waals surface area contributed by atoms with E-state index < -0.39 is 0 Å².